The summed E-state index contributed by atoms with van der Waals surface area (Å²) in [6, 6.07) is 3.72. The number of carbonyl (C=O) groups is 2. The van der Waals surface area contributed by atoms with E-state index in [0.717, 1.165) is 19.3 Å². The summed E-state index contributed by atoms with van der Waals surface area (Å²) in [5, 5.41) is 7.90. The second kappa shape index (κ2) is 7.79. The number of aromatic nitrogens is 1. The lowest BCUT2D eigenvalue weighted by atomic mass is 10.00. The molecule has 3 rings (SSSR count). The van der Waals surface area contributed by atoms with Crippen molar-refractivity contribution in [3.05, 3.63) is 23.3 Å². The molecule has 2 heterocycles. The van der Waals surface area contributed by atoms with Crippen molar-refractivity contribution in [1.82, 2.24) is 10.3 Å². The molecular formula is C17H22N4O3S. The van der Waals surface area contributed by atoms with E-state index in [9.17, 15) is 9.59 Å². The van der Waals surface area contributed by atoms with Crippen molar-refractivity contribution in [2.75, 3.05) is 5.32 Å². The van der Waals surface area contributed by atoms with Gasteiger partial charge >= 0.3 is 0 Å². The standard InChI is InChI=1S/C17H22N4O3S/c1-10(22)19-8-12-5-6-15(24-12)14-9-25-17(20-14)21-16(23)7-11-3-2-4-13(11)18/h5-6,9,11,13H,2-4,7-8,18H2,1H3,(H,19,22)(H,20,21,23)/t11-,13+/m0/s1. The first-order chi connectivity index (χ1) is 12.0. The highest BCUT2D eigenvalue weighted by molar-refractivity contribution is 7.14. The Kier molecular flexibility index (Phi) is 5.50. The normalized spacial score (nSPS) is 19.8. The van der Waals surface area contributed by atoms with Gasteiger partial charge in [0.05, 0.1) is 6.54 Å². The van der Waals surface area contributed by atoms with Crippen LogP contribution in [-0.4, -0.2) is 22.8 Å². The second-order valence-electron chi connectivity index (χ2n) is 6.32. The highest BCUT2D eigenvalue weighted by Crippen LogP contribution is 2.29. The Morgan fingerprint density at radius 3 is 2.96 bits per heavy atom. The van der Waals surface area contributed by atoms with E-state index < -0.39 is 0 Å². The third kappa shape index (κ3) is 4.67. The Labute approximate surface area is 150 Å². The zero-order chi connectivity index (χ0) is 17.8. The minimum atomic E-state index is -0.112. The van der Waals surface area contributed by atoms with Crippen molar-refractivity contribution in [2.24, 2.45) is 11.7 Å². The molecule has 0 unspecified atom stereocenters. The summed E-state index contributed by atoms with van der Waals surface area (Å²) in [7, 11) is 0. The molecule has 134 valence electrons. The zero-order valence-electron chi connectivity index (χ0n) is 14.1. The largest absolute Gasteiger partial charge is 0.458 e. The third-order valence-electron chi connectivity index (χ3n) is 4.34. The third-order valence-corrected chi connectivity index (χ3v) is 5.10. The maximum atomic E-state index is 12.1. The maximum Gasteiger partial charge on any atom is 0.226 e. The Hall–Kier alpha value is -2.19. The van der Waals surface area contributed by atoms with Gasteiger partial charge in [0.2, 0.25) is 11.8 Å². The van der Waals surface area contributed by atoms with Crippen molar-refractivity contribution in [1.29, 1.82) is 0 Å². The van der Waals surface area contributed by atoms with E-state index in [2.05, 4.69) is 15.6 Å². The lowest BCUT2D eigenvalue weighted by molar-refractivity contribution is -0.119. The number of thiazole rings is 1. The average molecular weight is 362 g/mol. The molecule has 0 bridgehead atoms. The molecule has 8 heteroatoms. The van der Waals surface area contributed by atoms with Gasteiger partial charge in [0.1, 0.15) is 11.5 Å². The molecule has 1 fully saturated rings. The topological polar surface area (TPSA) is 110 Å². The van der Waals surface area contributed by atoms with Crippen LogP contribution in [0.3, 0.4) is 0 Å². The number of rotatable bonds is 6. The molecule has 0 aromatic carbocycles. The lowest BCUT2D eigenvalue weighted by Gasteiger charge is -2.13. The van der Waals surface area contributed by atoms with E-state index in [0.29, 0.717) is 35.3 Å². The number of anilines is 1. The number of hydrogen-bond acceptors (Lipinski definition) is 6. The fourth-order valence-electron chi connectivity index (χ4n) is 2.99. The van der Waals surface area contributed by atoms with E-state index in [-0.39, 0.29) is 23.8 Å². The quantitative estimate of drug-likeness (QED) is 0.731. The number of nitrogens with two attached hydrogens (primary N) is 1. The molecule has 1 saturated carbocycles. The zero-order valence-corrected chi connectivity index (χ0v) is 14.9. The van der Waals surface area contributed by atoms with Gasteiger partial charge in [-0.15, -0.1) is 11.3 Å². The molecule has 2 atom stereocenters. The molecule has 4 N–H and O–H groups in total. The van der Waals surface area contributed by atoms with Crippen molar-refractivity contribution < 1.29 is 14.0 Å². The molecule has 0 spiro atoms. The molecule has 0 saturated heterocycles. The van der Waals surface area contributed by atoms with Crippen molar-refractivity contribution >= 4 is 28.3 Å². The monoisotopic (exact) mass is 362 g/mol. The van der Waals surface area contributed by atoms with Crippen molar-refractivity contribution in [3.63, 3.8) is 0 Å². The van der Waals surface area contributed by atoms with Crippen LogP contribution in [0.25, 0.3) is 11.5 Å². The van der Waals surface area contributed by atoms with Gasteiger partial charge in [-0.2, -0.15) is 0 Å². The summed E-state index contributed by atoms with van der Waals surface area (Å²) in [5.41, 5.74) is 6.67. The first kappa shape index (κ1) is 17.6. The summed E-state index contributed by atoms with van der Waals surface area (Å²) in [6.07, 6.45) is 3.55. The molecule has 0 aliphatic heterocycles. The minimum absolute atomic E-state index is 0.0472. The number of hydrogen-bond donors (Lipinski definition) is 3. The molecule has 1 aliphatic rings. The van der Waals surface area contributed by atoms with Gasteiger partial charge in [-0.05, 0) is 30.9 Å². The highest BCUT2D eigenvalue weighted by Gasteiger charge is 2.26. The van der Waals surface area contributed by atoms with Crippen LogP contribution in [0.1, 0.15) is 38.4 Å². The van der Waals surface area contributed by atoms with E-state index in [1.165, 1.54) is 18.3 Å². The molecule has 7 nitrogen and oxygen atoms in total. The average Bonchev–Trinajstić information content (AvgIpc) is 3.27. The van der Waals surface area contributed by atoms with Crippen LogP contribution in [0.15, 0.2) is 21.9 Å². The maximum absolute atomic E-state index is 12.1. The summed E-state index contributed by atoms with van der Waals surface area (Å²) < 4.78 is 5.66. The first-order valence-corrected chi connectivity index (χ1v) is 9.23. The number of carbonyl (C=O) groups excluding carboxylic acids is 2. The molecule has 2 aromatic rings. The smallest absolute Gasteiger partial charge is 0.226 e. The van der Waals surface area contributed by atoms with E-state index >= 15 is 0 Å². The van der Waals surface area contributed by atoms with Crippen LogP contribution in [-0.2, 0) is 16.1 Å². The van der Waals surface area contributed by atoms with Crippen molar-refractivity contribution in [2.45, 2.75) is 45.2 Å². The Balaban J connectivity index is 1.56. The molecule has 0 radical (unpaired) electrons. The van der Waals surface area contributed by atoms with E-state index in [1.807, 2.05) is 5.38 Å². The number of nitrogens with one attached hydrogen (secondary N) is 2. The molecule has 2 amide bonds. The molecule has 2 aromatic heterocycles. The van der Waals surface area contributed by atoms with Crippen LogP contribution in [0.4, 0.5) is 5.13 Å². The summed E-state index contributed by atoms with van der Waals surface area (Å²) >= 11 is 1.35. The summed E-state index contributed by atoms with van der Waals surface area (Å²) in [4.78, 5) is 27.5. The van der Waals surface area contributed by atoms with Gasteiger partial charge < -0.3 is 20.8 Å². The number of furan rings is 1. The molecular weight excluding hydrogens is 340 g/mol. The van der Waals surface area contributed by atoms with Gasteiger partial charge in [0.15, 0.2) is 10.9 Å². The molecule has 25 heavy (non-hydrogen) atoms. The molecule has 1 aliphatic carbocycles. The predicted molar refractivity (Wildman–Crippen MR) is 95.9 cm³/mol. The van der Waals surface area contributed by atoms with Gasteiger partial charge in [-0.1, -0.05) is 6.42 Å². The summed E-state index contributed by atoms with van der Waals surface area (Å²) in [5.74, 6) is 1.36. The second-order valence-corrected chi connectivity index (χ2v) is 7.18. The Morgan fingerprint density at radius 1 is 1.40 bits per heavy atom. The minimum Gasteiger partial charge on any atom is -0.458 e. The lowest BCUT2D eigenvalue weighted by Crippen LogP contribution is -2.28. The highest BCUT2D eigenvalue weighted by atomic mass is 32.1. The van der Waals surface area contributed by atoms with Crippen LogP contribution < -0.4 is 16.4 Å². The van der Waals surface area contributed by atoms with Gasteiger partial charge in [0.25, 0.3) is 0 Å². The van der Waals surface area contributed by atoms with Crippen LogP contribution >= 0.6 is 11.3 Å². The Morgan fingerprint density at radius 2 is 2.24 bits per heavy atom. The van der Waals surface area contributed by atoms with Crippen LogP contribution in [0.5, 0.6) is 0 Å². The Bertz CT molecular complexity index is 755. The first-order valence-electron chi connectivity index (χ1n) is 8.35. The van der Waals surface area contributed by atoms with Gasteiger partial charge in [0, 0.05) is 24.8 Å². The number of nitrogens with zero attached hydrogens (tertiary/aromatic N) is 1. The van der Waals surface area contributed by atoms with Gasteiger partial charge in [-0.25, -0.2) is 4.98 Å². The summed E-state index contributed by atoms with van der Waals surface area (Å²) in [6.45, 7) is 1.79. The fourth-order valence-corrected chi connectivity index (χ4v) is 3.71. The van der Waals surface area contributed by atoms with E-state index in [1.54, 1.807) is 12.1 Å². The van der Waals surface area contributed by atoms with Gasteiger partial charge in [-0.3, -0.25) is 9.59 Å². The number of amides is 2. The van der Waals surface area contributed by atoms with E-state index in [4.69, 9.17) is 10.2 Å². The van der Waals surface area contributed by atoms with Crippen LogP contribution in [0.2, 0.25) is 0 Å². The fraction of sp³-hybridized carbons (Fsp3) is 0.471. The van der Waals surface area contributed by atoms with Crippen LogP contribution in [0, 0.1) is 5.92 Å². The SMILES string of the molecule is CC(=O)NCc1ccc(-c2csc(NC(=O)C[C@@H]3CCC[C@H]3N)n2)o1. The van der Waals surface area contributed by atoms with Crippen molar-refractivity contribution in [3.8, 4) is 11.5 Å². The predicted octanol–water partition coefficient (Wildman–Crippen LogP) is 2.50.